The highest BCUT2D eigenvalue weighted by atomic mass is 16.5. The minimum Gasteiger partial charge on any atom is -0.492 e. The van der Waals surface area contributed by atoms with Gasteiger partial charge in [-0.05, 0) is 31.2 Å². The fourth-order valence-electron chi connectivity index (χ4n) is 1.75. The van der Waals surface area contributed by atoms with Crippen molar-refractivity contribution in [3.63, 3.8) is 0 Å². The lowest BCUT2D eigenvalue weighted by Crippen LogP contribution is -2.34. The van der Waals surface area contributed by atoms with Gasteiger partial charge in [-0.15, -0.1) is 0 Å². The Morgan fingerprint density at radius 3 is 2.50 bits per heavy atom. The van der Waals surface area contributed by atoms with E-state index in [4.69, 9.17) is 15.2 Å². The third-order valence-electron chi connectivity index (χ3n) is 2.94. The minimum absolute atomic E-state index is 0.193. The van der Waals surface area contributed by atoms with Crippen molar-refractivity contribution in [3.05, 3.63) is 29.8 Å². The number of nitrogens with zero attached hydrogens (tertiary/aromatic N) is 1. The van der Waals surface area contributed by atoms with Gasteiger partial charge >= 0.3 is 5.97 Å². The van der Waals surface area contributed by atoms with E-state index in [1.54, 1.807) is 0 Å². The fourth-order valence-corrected chi connectivity index (χ4v) is 1.75. The van der Waals surface area contributed by atoms with Crippen LogP contribution in [0.5, 0.6) is 5.75 Å². The third-order valence-corrected chi connectivity index (χ3v) is 2.94. The van der Waals surface area contributed by atoms with Crippen LogP contribution in [0.4, 0.5) is 0 Å². The topological polar surface area (TPSA) is 64.8 Å². The van der Waals surface area contributed by atoms with Crippen molar-refractivity contribution < 1.29 is 14.3 Å². The molecule has 0 spiro atoms. The van der Waals surface area contributed by atoms with Crippen molar-refractivity contribution in [2.75, 3.05) is 32.8 Å². The molecule has 0 heterocycles. The van der Waals surface area contributed by atoms with E-state index < -0.39 is 0 Å². The van der Waals surface area contributed by atoms with Crippen LogP contribution in [0.15, 0.2) is 24.3 Å². The molecular weight excluding hydrogens is 256 g/mol. The van der Waals surface area contributed by atoms with Crippen molar-refractivity contribution >= 4 is 5.97 Å². The van der Waals surface area contributed by atoms with E-state index in [0.29, 0.717) is 32.8 Å². The van der Waals surface area contributed by atoms with Gasteiger partial charge in [0, 0.05) is 13.1 Å². The normalized spacial score (nSPS) is 10.6. The summed E-state index contributed by atoms with van der Waals surface area (Å²) < 4.78 is 10.6. The number of esters is 1. The molecule has 20 heavy (non-hydrogen) atoms. The van der Waals surface area contributed by atoms with Crippen molar-refractivity contribution in [2.24, 2.45) is 5.73 Å². The van der Waals surface area contributed by atoms with Gasteiger partial charge in [0.05, 0.1) is 13.2 Å². The molecule has 1 rings (SSSR count). The number of carbonyl (C=O) groups is 1. The quantitative estimate of drug-likeness (QED) is 0.693. The van der Waals surface area contributed by atoms with Crippen molar-refractivity contribution in [1.29, 1.82) is 0 Å². The number of ether oxygens (including phenoxy) is 2. The summed E-state index contributed by atoms with van der Waals surface area (Å²) in [7, 11) is 0. The molecule has 0 bridgehead atoms. The second-order valence-electron chi connectivity index (χ2n) is 4.37. The van der Waals surface area contributed by atoms with Gasteiger partial charge in [0.1, 0.15) is 12.4 Å². The Kier molecular flexibility index (Phi) is 7.69. The zero-order valence-electron chi connectivity index (χ0n) is 12.3. The highest BCUT2D eigenvalue weighted by Gasteiger charge is 2.09. The molecule has 0 saturated heterocycles. The molecule has 0 atom stereocenters. The van der Waals surface area contributed by atoms with Crippen LogP contribution in [-0.2, 0) is 16.1 Å². The summed E-state index contributed by atoms with van der Waals surface area (Å²) in [6.07, 6.45) is 0. The summed E-state index contributed by atoms with van der Waals surface area (Å²) in [5, 5.41) is 0. The Morgan fingerprint density at radius 2 is 1.95 bits per heavy atom. The van der Waals surface area contributed by atoms with Crippen LogP contribution in [0.1, 0.15) is 19.4 Å². The van der Waals surface area contributed by atoms with Crippen LogP contribution in [0.25, 0.3) is 0 Å². The Bertz CT molecular complexity index is 393. The first-order valence-electron chi connectivity index (χ1n) is 6.99. The molecule has 0 aromatic heterocycles. The number of hydrogen-bond donors (Lipinski definition) is 1. The van der Waals surface area contributed by atoms with Gasteiger partial charge in [0.15, 0.2) is 0 Å². The molecular formula is C15H24N2O3. The van der Waals surface area contributed by atoms with Crippen molar-refractivity contribution in [1.82, 2.24) is 4.90 Å². The SMILES string of the molecule is CCOC(=O)CN(CC)CCOc1ccc(CN)cc1. The second-order valence-corrected chi connectivity index (χ2v) is 4.37. The van der Waals surface area contributed by atoms with Crippen LogP contribution >= 0.6 is 0 Å². The van der Waals surface area contributed by atoms with Crippen molar-refractivity contribution in [3.8, 4) is 5.75 Å². The lowest BCUT2D eigenvalue weighted by Gasteiger charge is -2.19. The van der Waals surface area contributed by atoms with Gasteiger partial charge < -0.3 is 15.2 Å². The molecule has 0 aliphatic carbocycles. The fraction of sp³-hybridized carbons (Fsp3) is 0.533. The number of hydrogen-bond acceptors (Lipinski definition) is 5. The molecule has 0 aliphatic rings. The molecule has 0 saturated carbocycles. The standard InChI is InChI=1S/C15H24N2O3/c1-3-17(12-15(18)19-4-2)9-10-20-14-7-5-13(11-16)6-8-14/h5-8H,3-4,9-12,16H2,1-2H3. The van der Waals surface area contributed by atoms with Gasteiger partial charge in [-0.1, -0.05) is 19.1 Å². The summed E-state index contributed by atoms with van der Waals surface area (Å²) in [6, 6.07) is 7.71. The number of carbonyl (C=O) groups excluding carboxylic acids is 1. The number of benzene rings is 1. The van der Waals surface area contributed by atoms with Crippen LogP contribution < -0.4 is 10.5 Å². The monoisotopic (exact) mass is 280 g/mol. The maximum atomic E-state index is 11.4. The van der Waals surface area contributed by atoms with E-state index in [1.807, 2.05) is 43.0 Å². The average Bonchev–Trinajstić information content (AvgIpc) is 2.47. The molecule has 2 N–H and O–H groups in total. The van der Waals surface area contributed by atoms with E-state index >= 15 is 0 Å². The number of rotatable bonds is 9. The van der Waals surface area contributed by atoms with Crippen LogP contribution in [0, 0.1) is 0 Å². The Hall–Kier alpha value is -1.59. The zero-order valence-corrected chi connectivity index (χ0v) is 12.3. The molecule has 0 unspecified atom stereocenters. The summed E-state index contributed by atoms with van der Waals surface area (Å²) >= 11 is 0. The maximum absolute atomic E-state index is 11.4. The Balaban J connectivity index is 2.31. The van der Waals surface area contributed by atoms with Gasteiger partial charge in [-0.3, -0.25) is 9.69 Å². The second kappa shape index (κ2) is 9.34. The largest absolute Gasteiger partial charge is 0.492 e. The maximum Gasteiger partial charge on any atom is 0.320 e. The first-order chi connectivity index (χ1) is 9.69. The highest BCUT2D eigenvalue weighted by molar-refractivity contribution is 5.71. The molecule has 5 heteroatoms. The molecule has 0 aliphatic heterocycles. The summed E-state index contributed by atoms with van der Waals surface area (Å²) in [5.74, 6) is 0.621. The minimum atomic E-state index is -0.193. The molecule has 1 aromatic rings. The molecule has 112 valence electrons. The Labute approximate surface area is 120 Å². The van der Waals surface area contributed by atoms with Crippen molar-refractivity contribution in [2.45, 2.75) is 20.4 Å². The predicted octanol–water partition coefficient (Wildman–Crippen LogP) is 1.41. The van der Waals surface area contributed by atoms with Gasteiger partial charge in [-0.25, -0.2) is 0 Å². The van der Waals surface area contributed by atoms with E-state index in [2.05, 4.69) is 0 Å². The van der Waals surface area contributed by atoms with E-state index in [0.717, 1.165) is 17.9 Å². The van der Waals surface area contributed by atoms with Gasteiger partial charge in [0.25, 0.3) is 0 Å². The van der Waals surface area contributed by atoms with Gasteiger partial charge in [0.2, 0.25) is 0 Å². The number of nitrogens with two attached hydrogens (primary N) is 1. The molecule has 0 radical (unpaired) electrons. The summed E-state index contributed by atoms with van der Waals surface area (Å²) in [4.78, 5) is 13.4. The zero-order chi connectivity index (χ0) is 14.8. The first-order valence-corrected chi connectivity index (χ1v) is 6.99. The smallest absolute Gasteiger partial charge is 0.320 e. The lowest BCUT2D eigenvalue weighted by molar-refractivity contribution is -0.144. The molecule has 5 nitrogen and oxygen atoms in total. The molecule has 0 fully saturated rings. The van der Waals surface area contributed by atoms with Gasteiger partial charge in [-0.2, -0.15) is 0 Å². The van der Waals surface area contributed by atoms with E-state index in [1.165, 1.54) is 0 Å². The third kappa shape index (κ3) is 6.04. The number of likely N-dealkylation sites (N-methyl/N-ethyl adjacent to an activating group) is 1. The van der Waals surface area contributed by atoms with E-state index in [-0.39, 0.29) is 5.97 Å². The Morgan fingerprint density at radius 1 is 1.25 bits per heavy atom. The summed E-state index contributed by atoms with van der Waals surface area (Å²) in [5.41, 5.74) is 6.62. The molecule has 1 aromatic carbocycles. The van der Waals surface area contributed by atoms with Crippen LogP contribution in [-0.4, -0.2) is 43.7 Å². The predicted molar refractivity (Wildman–Crippen MR) is 78.6 cm³/mol. The van der Waals surface area contributed by atoms with Crippen LogP contribution in [0.2, 0.25) is 0 Å². The highest BCUT2D eigenvalue weighted by Crippen LogP contribution is 2.11. The average molecular weight is 280 g/mol. The summed E-state index contributed by atoms with van der Waals surface area (Å²) in [6.45, 7) is 7.08. The van der Waals surface area contributed by atoms with E-state index in [9.17, 15) is 4.79 Å². The molecule has 0 amide bonds. The van der Waals surface area contributed by atoms with Crippen LogP contribution in [0.3, 0.4) is 0 Å². The lowest BCUT2D eigenvalue weighted by atomic mass is 10.2. The first kappa shape index (κ1) is 16.5.